The molecule has 0 saturated heterocycles. The molecule has 0 radical (unpaired) electrons. The average molecular weight is 468 g/mol. The predicted molar refractivity (Wildman–Crippen MR) is 127 cm³/mol. The lowest BCUT2D eigenvalue weighted by molar-refractivity contribution is -0.118. The van der Waals surface area contributed by atoms with Crippen molar-refractivity contribution in [2.45, 2.75) is 11.1 Å². The fourth-order valence-corrected chi connectivity index (χ4v) is 5.55. The summed E-state index contributed by atoms with van der Waals surface area (Å²) in [6, 6.07) is 17.3. The Hall–Kier alpha value is -3.43. The molecule has 0 bridgehead atoms. The van der Waals surface area contributed by atoms with Crippen LogP contribution in [0.4, 0.5) is 11.4 Å². The van der Waals surface area contributed by atoms with Crippen LogP contribution in [-0.4, -0.2) is 33.0 Å². The van der Waals surface area contributed by atoms with E-state index in [1.807, 2.05) is 31.2 Å². The largest absolute Gasteiger partial charge is 0.484 e. The number of aromatic nitrogens is 1. The van der Waals surface area contributed by atoms with Crippen LogP contribution >= 0.6 is 11.3 Å². The number of nitrogens with one attached hydrogen (secondary N) is 1. The number of pyridine rings is 1. The molecule has 0 spiro atoms. The van der Waals surface area contributed by atoms with Gasteiger partial charge in [-0.05, 0) is 66.4 Å². The highest BCUT2D eigenvalue weighted by molar-refractivity contribution is 7.94. The molecule has 32 heavy (non-hydrogen) atoms. The van der Waals surface area contributed by atoms with Crippen LogP contribution in [0.2, 0.25) is 0 Å². The first-order chi connectivity index (χ1) is 15.4. The van der Waals surface area contributed by atoms with Gasteiger partial charge in [-0.1, -0.05) is 12.1 Å². The van der Waals surface area contributed by atoms with Crippen LogP contribution in [0.1, 0.15) is 5.56 Å². The summed E-state index contributed by atoms with van der Waals surface area (Å²) in [4.78, 5) is 16.8. The predicted octanol–water partition coefficient (Wildman–Crippen LogP) is 4.45. The lowest BCUT2D eigenvalue weighted by Crippen LogP contribution is -2.25. The quantitative estimate of drug-likeness (QED) is 0.434. The number of thiophene rings is 1. The molecule has 0 unspecified atom stereocenters. The Bertz CT molecular complexity index is 1350. The van der Waals surface area contributed by atoms with Gasteiger partial charge in [-0.2, -0.15) is 0 Å². The minimum Gasteiger partial charge on any atom is -0.484 e. The first-order valence-corrected chi connectivity index (χ1v) is 12.1. The Labute approximate surface area is 190 Å². The van der Waals surface area contributed by atoms with Gasteiger partial charge in [0.25, 0.3) is 15.9 Å². The van der Waals surface area contributed by atoms with Gasteiger partial charge in [-0.3, -0.25) is 14.1 Å². The second-order valence-electron chi connectivity index (χ2n) is 7.06. The lowest BCUT2D eigenvalue weighted by atomic mass is 10.1. The van der Waals surface area contributed by atoms with Gasteiger partial charge in [-0.15, -0.1) is 11.3 Å². The minimum absolute atomic E-state index is 0.182. The van der Waals surface area contributed by atoms with Gasteiger partial charge in [0.2, 0.25) is 0 Å². The number of hydrogen-bond acceptors (Lipinski definition) is 6. The van der Waals surface area contributed by atoms with Crippen molar-refractivity contribution in [3.8, 4) is 5.75 Å². The van der Waals surface area contributed by atoms with Crippen molar-refractivity contribution in [2.75, 3.05) is 23.3 Å². The molecular weight excluding hydrogens is 446 g/mol. The normalized spacial score (nSPS) is 11.3. The van der Waals surface area contributed by atoms with Gasteiger partial charge >= 0.3 is 0 Å². The van der Waals surface area contributed by atoms with Crippen LogP contribution in [0.15, 0.2) is 76.4 Å². The summed E-state index contributed by atoms with van der Waals surface area (Å²) < 4.78 is 32.3. The van der Waals surface area contributed by atoms with Gasteiger partial charge in [0.1, 0.15) is 9.96 Å². The van der Waals surface area contributed by atoms with Gasteiger partial charge < -0.3 is 10.1 Å². The first-order valence-electron chi connectivity index (χ1n) is 9.76. The second kappa shape index (κ2) is 8.97. The molecule has 2 aromatic heterocycles. The summed E-state index contributed by atoms with van der Waals surface area (Å²) in [6.45, 7) is 1.79. The van der Waals surface area contributed by atoms with E-state index in [0.717, 1.165) is 16.5 Å². The average Bonchev–Trinajstić information content (AvgIpc) is 3.36. The van der Waals surface area contributed by atoms with Crippen molar-refractivity contribution in [2.24, 2.45) is 0 Å². The highest BCUT2D eigenvalue weighted by atomic mass is 32.2. The third-order valence-electron chi connectivity index (χ3n) is 4.93. The van der Waals surface area contributed by atoms with Crippen LogP contribution in [-0.2, 0) is 14.8 Å². The standard InChI is InChI=1S/C23H21N3O4S2/c1-16-7-12-20(19-5-3-13-24-23(16)19)25-21(27)15-30-18-10-8-17(9-11-18)26(2)32(28,29)22-6-4-14-31-22/h3-14H,15H2,1-2H3,(H,25,27). The van der Waals surface area contributed by atoms with E-state index < -0.39 is 10.0 Å². The molecular formula is C23H21N3O4S2. The van der Waals surface area contributed by atoms with E-state index in [0.29, 0.717) is 17.1 Å². The van der Waals surface area contributed by atoms with Crippen molar-refractivity contribution in [1.82, 2.24) is 4.98 Å². The Morgan fingerprint density at radius 2 is 1.88 bits per heavy atom. The molecule has 0 aliphatic carbocycles. The summed E-state index contributed by atoms with van der Waals surface area (Å²) in [5.41, 5.74) is 3.03. The number of anilines is 2. The molecule has 0 aliphatic heterocycles. The highest BCUT2D eigenvalue weighted by Crippen LogP contribution is 2.27. The molecule has 0 aliphatic rings. The first kappa shape index (κ1) is 21.8. The summed E-state index contributed by atoms with van der Waals surface area (Å²) >= 11 is 1.17. The molecule has 1 amide bonds. The number of carbonyl (C=O) groups excluding carboxylic acids is 1. The third kappa shape index (κ3) is 4.44. The SMILES string of the molecule is Cc1ccc(NC(=O)COc2ccc(N(C)S(=O)(=O)c3cccs3)cc2)c2cccnc12. The number of sulfonamides is 1. The molecule has 0 saturated carbocycles. The molecule has 164 valence electrons. The van der Waals surface area contributed by atoms with Crippen LogP contribution in [0.3, 0.4) is 0 Å². The van der Waals surface area contributed by atoms with E-state index in [-0.39, 0.29) is 16.7 Å². The van der Waals surface area contributed by atoms with Crippen molar-refractivity contribution in [3.05, 3.63) is 77.8 Å². The maximum absolute atomic E-state index is 12.6. The Balaban J connectivity index is 1.40. The minimum atomic E-state index is -3.60. The van der Waals surface area contributed by atoms with Crippen LogP contribution in [0.25, 0.3) is 10.9 Å². The molecule has 4 aromatic rings. The van der Waals surface area contributed by atoms with Crippen molar-refractivity contribution in [3.63, 3.8) is 0 Å². The van der Waals surface area contributed by atoms with E-state index in [1.54, 1.807) is 48.0 Å². The zero-order chi connectivity index (χ0) is 22.7. The molecule has 7 nitrogen and oxygen atoms in total. The van der Waals surface area contributed by atoms with E-state index in [4.69, 9.17) is 4.74 Å². The van der Waals surface area contributed by atoms with E-state index in [2.05, 4.69) is 10.3 Å². The summed E-state index contributed by atoms with van der Waals surface area (Å²) in [6.07, 6.45) is 1.72. The summed E-state index contributed by atoms with van der Waals surface area (Å²) in [7, 11) is -2.10. The smallest absolute Gasteiger partial charge is 0.273 e. The second-order valence-corrected chi connectivity index (χ2v) is 10.2. The number of fused-ring (bicyclic) bond motifs is 1. The third-order valence-corrected chi connectivity index (χ3v) is 8.08. The number of ether oxygens (including phenoxy) is 1. The van der Waals surface area contributed by atoms with Gasteiger partial charge in [-0.25, -0.2) is 8.42 Å². The number of benzene rings is 2. The number of amides is 1. The van der Waals surface area contributed by atoms with E-state index in [9.17, 15) is 13.2 Å². The Morgan fingerprint density at radius 1 is 1.09 bits per heavy atom. The molecule has 4 rings (SSSR count). The van der Waals surface area contributed by atoms with Crippen LogP contribution in [0, 0.1) is 6.92 Å². The number of hydrogen-bond donors (Lipinski definition) is 1. The highest BCUT2D eigenvalue weighted by Gasteiger charge is 2.22. The van der Waals surface area contributed by atoms with E-state index in [1.165, 1.54) is 22.7 Å². The Morgan fingerprint density at radius 3 is 2.59 bits per heavy atom. The maximum Gasteiger partial charge on any atom is 0.273 e. The maximum atomic E-state index is 12.6. The van der Waals surface area contributed by atoms with Gasteiger partial charge in [0, 0.05) is 18.6 Å². The van der Waals surface area contributed by atoms with Gasteiger partial charge in [0.15, 0.2) is 6.61 Å². The topological polar surface area (TPSA) is 88.6 Å². The zero-order valence-corrected chi connectivity index (χ0v) is 19.1. The number of aryl methyl sites for hydroxylation is 1. The van der Waals surface area contributed by atoms with Crippen molar-refractivity contribution >= 4 is 49.5 Å². The molecule has 0 atom stereocenters. The summed E-state index contributed by atoms with van der Waals surface area (Å²) in [5.74, 6) is 0.154. The lowest BCUT2D eigenvalue weighted by Gasteiger charge is -2.18. The molecule has 0 fully saturated rings. The molecule has 9 heteroatoms. The monoisotopic (exact) mass is 467 g/mol. The molecule has 1 N–H and O–H groups in total. The van der Waals surface area contributed by atoms with Crippen LogP contribution < -0.4 is 14.4 Å². The number of carbonyl (C=O) groups is 1. The fraction of sp³-hybridized carbons (Fsp3) is 0.130. The van der Waals surface area contributed by atoms with Crippen LogP contribution in [0.5, 0.6) is 5.75 Å². The fourth-order valence-electron chi connectivity index (χ4n) is 3.19. The number of rotatable bonds is 7. The number of nitrogens with zero attached hydrogens (tertiary/aromatic N) is 2. The summed E-state index contributed by atoms with van der Waals surface area (Å²) in [5, 5.41) is 5.44. The van der Waals surface area contributed by atoms with Crippen molar-refractivity contribution in [1.29, 1.82) is 0 Å². The van der Waals surface area contributed by atoms with Gasteiger partial charge in [0.05, 0.1) is 16.9 Å². The van der Waals surface area contributed by atoms with E-state index >= 15 is 0 Å². The molecule has 2 aromatic carbocycles. The molecule has 2 heterocycles. The zero-order valence-electron chi connectivity index (χ0n) is 17.5. The Kier molecular flexibility index (Phi) is 6.11. The van der Waals surface area contributed by atoms with Crippen molar-refractivity contribution < 1.29 is 17.9 Å².